The van der Waals surface area contributed by atoms with Crippen LogP contribution in [0, 0.1) is 13.8 Å². The molecule has 0 nitrogen and oxygen atoms in total. The van der Waals surface area contributed by atoms with Crippen molar-refractivity contribution in [2.75, 3.05) is 6.26 Å². The monoisotopic (exact) mass is 202 g/mol. The molecule has 0 atom stereocenters. The van der Waals surface area contributed by atoms with Gasteiger partial charge in [-0.05, 0) is 42.0 Å². The zero-order chi connectivity index (χ0) is 10.1. The Hall–Kier alpha value is -0.950. The second kappa shape index (κ2) is 3.66. The third-order valence-electron chi connectivity index (χ3n) is 2.71. The maximum atomic E-state index is 2.27. The summed E-state index contributed by atoms with van der Waals surface area (Å²) in [5, 5.41) is 2.73. The molecule has 0 saturated heterocycles. The smallest absolute Gasteiger partial charge is 0.0179 e. The fourth-order valence-corrected chi connectivity index (χ4v) is 2.69. The molecular formula is C13H14S. The summed E-state index contributed by atoms with van der Waals surface area (Å²) in [4.78, 5) is 1.42. The molecule has 0 aliphatic carbocycles. The van der Waals surface area contributed by atoms with E-state index in [1.165, 1.54) is 26.8 Å². The number of aryl methyl sites for hydroxylation is 1. The zero-order valence-corrected chi connectivity index (χ0v) is 9.61. The average molecular weight is 202 g/mol. The molecule has 0 aromatic heterocycles. The lowest BCUT2D eigenvalue weighted by atomic mass is 10.0. The van der Waals surface area contributed by atoms with Crippen LogP contribution >= 0.6 is 11.8 Å². The lowest BCUT2D eigenvalue weighted by molar-refractivity contribution is 1.27. The molecule has 2 aromatic carbocycles. The van der Waals surface area contributed by atoms with Gasteiger partial charge in [-0.3, -0.25) is 0 Å². The zero-order valence-electron chi connectivity index (χ0n) is 8.79. The highest BCUT2D eigenvalue weighted by Gasteiger charge is 2.05. The second-order valence-electron chi connectivity index (χ2n) is 3.57. The fraction of sp³-hybridized carbons (Fsp3) is 0.231. The number of benzene rings is 2. The van der Waals surface area contributed by atoms with Crippen LogP contribution in [0.15, 0.2) is 35.2 Å². The highest BCUT2D eigenvalue weighted by molar-refractivity contribution is 7.98. The predicted octanol–water partition coefficient (Wildman–Crippen LogP) is 4.18. The van der Waals surface area contributed by atoms with Gasteiger partial charge in [-0.1, -0.05) is 30.3 Å². The van der Waals surface area contributed by atoms with E-state index in [1.54, 1.807) is 0 Å². The summed E-state index contributed by atoms with van der Waals surface area (Å²) in [5.74, 6) is 0. The molecule has 72 valence electrons. The Morgan fingerprint density at radius 1 is 1.07 bits per heavy atom. The molecule has 0 amide bonds. The summed E-state index contributed by atoms with van der Waals surface area (Å²) in [6.07, 6.45) is 2.15. The number of thioether (sulfide) groups is 1. The van der Waals surface area contributed by atoms with Crippen LogP contribution in [0.5, 0.6) is 0 Å². The molecule has 0 fully saturated rings. The minimum Gasteiger partial charge on any atom is -0.129 e. The van der Waals surface area contributed by atoms with Crippen molar-refractivity contribution in [2.24, 2.45) is 0 Å². The van der Waals surface area contributed by atoms with Crippen LogP contribution in [0.25, 0.3) is 10.8 Å². The minimum absolute atomic E-state index is 1.35. The standard InChI is InChI=1S/C13H14S/c1-9-8-11-6-4-5-7-12(11)13(14-3)10(9)2/h4-8H,1-3H3. The lowest BCUT2D eigenvalue weighted by Gasteiger charge is -2.10. The van der Waals surface area contributed by atoms with Crippen molar-refractivity contribution in [1.29, 1.82) is 0 Å². The van der Waals surface area contributed by atoms with Gasteiger partial charge in [0.25, 0.3) is 0 Å². The molecule has 2 aromatic rings. The number of hydrogen-bond donors (Lipinski definition) is 0. The van der Waals surface area contributed by atoms with E-state index in [0.717, 1.165) is 0 Å². The third kappa shape index (κ3) is 1.42. The van der Waals surface area contributed by atoms with Crippen molar-refractivity contribution in [3.05, 3.63) is 41.5 Å². The van der Waals surface area contributed by atoms with E-state index in [0.29, 0.717) is 0 Å². The first-order valence-electron chi connectivity index (χ1n) is 4.77. The largest absolute Gasteiger partial charge is 0.129 e. The molecule has 0 aliphatic heterocycles. The van der Waals surface area contributed by atoms with Gasteiger partial charge >= 0.3 is 0 Å². The normalized spacial score (nSPS) is 10.8. The molecule has 0 spiro atoms. The van der Waals surface area contributed by atoms with E-state index < -0.39 is 0 Å². The molecule has 0 heterocycles. The van der Waals surface area contributed by atoms with Crippen LogP contribution in [0.1, 0.15) is 11.1 Å². The van der Waals surface area contributed by atoms with E-state index >= 15 is 0 Å². The fourth-order valence-electron chi connectivity index (χ4n) is 1.82. The molecule has 0 bridgehead atoms. The summed E-state index contributed by atoms with van der Waals surface area (Å²) in [5.41, 5.74) is 2.80. The van der Waals surface area contributed by atoms with Crippen molar-refractivity contribution in [2.45, 2.75) is 18.7 Å². The van der Waals surface area contributed by atoms with E-state index in [2.05, 4.69) is 50.4 Å². The van der Waals surface area contributed by atoms with Crippen LogP contribution in [-0.4, -0.2) is 6.26 Å². The van der Waals surface area contributed by atoms with E-state index in [4.69, 9.17) is 0 Å². The van der Waals surface area contributed by atoms with Crippen LogP contribution in [0.2, 0.25) is 0 Å². The van der Waals surface area contributed by atoms with Gasteiger partial charge in [0.2, 0.25) is 0 Å². The van der Waals surface area contributed by atoms with Gasteiger partial charge in [0, 0.05) is 4.90 Å². The summed E-state index contributed by atoms with van der Waals surface area (Å²) < 4.78 is 0. The van der Waals surface area contributed by atoms with Crippen molar-refractivity contribution in [1.82, 2.24) is 0 Å². The van der Waals surface area contributed by atoms with E-state index in [1.807, 2.05) is 11.8 Å². The van der Waals surface area contributed by atoms with Crippen LogP contribution < -0.4 is 0 Å². The number of hydrogen-bond acceptors (Lipinski definition) is 1. The topological polar surface area (TPSA) is 0 Å². The highest BCUT2D eigenvalue weighted by Crippen LogP contribution is 2.31. The molecule has 0 saturated carbocycles. The van der Waals surface area contributed by atoms with Gasteiger partial charge in [0.05, 0.1) is 0 Å². The molecule has 0 unspecified atom stereocenters. The third-order valence-corrected chi connectivity index (χ3v) is 3.65. The Kier molecular flexibility index (Phi) is 2.51. The lowest BCUT2D eigenvalue weighted by Crippen LogP contribution is -1.87. The van der Waals surface area contributed by atoms with Gasteiger partial charge in [-0.2, -0.15) is 0 Å². The van der Waals surface area contributed by atoms with E-state index in [9.17, 15) is 0 Å². The Balaban J connectivity index is 2.89. The summed E-state index contributed by atoms with van der Waals surface area (Å²) >= 11 is 1.84. The van der Waals surface area contributed by atoms with Crippen LogP contribution in [-0.2, 0) is 0 Å². The van der Waals surface area contributed by atoms with Crippen molar-refractivity contribution in [3.63, 3.8) is 0 Å². The average Bonchev–Trinajstić information content (AvgIpc) is 2.20. The molecule has 14 heavy (non-hydrogen) atoms. The van der Waals surface area contributed by atoms with Gasteiger partial charge in [-0.15, -0.1) is 11.8 Å². The van der Waals surface area contributed by atoms with Gasteiger partial charge in [0.1, 0.15) is 0 Å². The Bertz CT molecular complexity index is 472. The molecule has 2 rings (SSSR count). The summed E-state index contributed by atoms with van der Waals surface area (Å²) in [7, 11) is 0. The van der Waals surface area contributed by atoms with Crippen molar-refractivity contribution < 1.29 is 0 Å². The van der Waals surface area contributed by atoms with Gasteiger partial charge in [0.15, 0.2) is 0 Å². The van der Waals surface area contributed by atoms with Crippen molar-refractivity contribution in [3.8, 4) is 0 Å². The number of fused-ring (bicyclic) bond motifs is 1. The molecule has 0 N–H and O–H groups in total. The van der Waals surface area contributed by atoms with Crippen LogP contribution in [0.4, 0.5) is 0 Å². The minimum atomic E-state index is 1.35. The quantitative estimate of drug-likeness (QED) is 0.625. The summed E-state index contributed by atoms with van der Waals surface area (Å²) in [6, 6.07) is 10.9. The number of rotatable bonds is 1. The first-order valence-corrected chi connectivity index (χ1v) is 5.99. The van der Waals surface area contributed by atoms with Gasteiger partial charge in [-0.25, -0.2) is 0 Å². The van der Waals surface area contributed by atoms with Crippen LogP contribution in [0.3, 0.4) is 0 Å². The molecule has 0 aliphatic rings. The second-order valence-corrected chi connectivity index (χ2v) is 4.39. The maximum absolute atomic E-state index is 2.27. The molecular weight excluding hydrogens is 188 g/mol. The first-order chi connectivity index (χ1) is 6.74. The maximum Gasteiger partial charge on any atom is 0.0179 e. The van der Waals surface area contributed by atoms with Gasteiger partial charge < -0.3 is 0 Å². The van der Waals surface area contributed by atoms with E-state index in [-0.39, 0.29) is 0 Å². The molecule has 0 radical (unpaired) electrons. The predicted molar refractivity (Wildman–Crippen MR) is 65.2 cm³/mol. The first kappa shape index (κ1) is 9.60. The Labute approximate surface area is 89.3 Å². The summed E-state index contributed by atoms with van der Waals surface area (Å²) in [6.45, 7) is 4.38. The Morgan fingerprint density at radius 2 is 1.79 bits per heavy atom. The van der Waals surface area contributed by atoms with Crippen molar-refractivity contribution >= 4 is 22.5 Å². The highest BCUT2D eigenvalue weighted by atomic mass is 32.2. The SMILES string of the molecule is CSc1c(C)c(C)cc2ccccc12. The molecule has 1 heteroatoms. The Morgan fingerprint density at radius 3 is 2.50 bits per heavy atom.